The van der Waals surface area contributed by atoms with Gasteiger partial charge in [-0.05, 0) is 23.8 Å². The van der Waals surface area contributed by atoms with Crippen LogP contribution >= 0.6 is 0 Å². The summed E-state index contributed by atoms with van der Waals surface area (Å²) in [6.07, 6.45) is 2.08. The minimum absolute atomic E-state index is 0.187. The lowest BCUT2D eigenvalue weighted by atomic mass is 10.1. The molecule has 3 aromatic carbocycles. The Kier molecular flexibility index (Phi) is 5.25. The van der Waals surface area contributed by atoms with Crippen molar-refractivity contribution in [3.63, 3.8) is 0 Å². The Balaban J connectivity index is 1.67. The third-order valence-electron chi connectivity index (χ3n) is 4.42. The highest BCUT2D eigenvalue weighted by Gasteiger charge is 2.10. The van der Waals surface area contributed by atoms with Crippen LogP contribution in [0.4, 0.5) is 5.82 Å². The fourth-order valence-electron chi connectivity index (χ4n) is 3.01. The van der Waals surface area contributed by atoms with E-state index in [0.717, 1.165) is 22.3 Å². The van der Waals surface area contributed by atoms with E-state index in [1.807, 2.05) is 54.6 Å². The largest absolute Gasteiger partial charge is 0.478 e. The zero-order valence-corrected chi connectivity index (χ0v) is 15.5. The third kappa shape index (κ3) is 4.27. The summed E-state index contributed by atoms with van der Waals surface area (Å²) >= 11 is 0. The zero-order chi connectivity index (χ0) is 20.1. The Labute approximate surface area is 167 Å². The van der Waals surface area contributed by atoms with Crippen LogP contribution in [0.25, 0.3) is 11.0 Å². The van der Waals surface area contributed by atoms with Crippen molar-refractivity contribution >= 4 is 29.0 Å². The number of nitrogens with zero attached hydrogens (tertiary/aromatic N) is 3. The lowest BCUT2D eigenvalue weighted by molar-refractivity contribution is 0.0697. The highest BCUT2D eigenvalue weighted by atomic mass is 16.4. The predicted octanol–water partition coefficient (Wildman–Crippen LogP) is 4.36. The summed E-state index contributed by atoms with van der Waals surface area (Å²) in [6.45, 7) is 0. The monoisotopic (exact) mass is 382 g/mol. The number of carbonyl (C=O) groups is 1. The number of carboxylic acids is 1. The van der Waals surface area contributed by atoms with Gasteiger partial charge in [0.05, 0.1) is 28.5 Å². The lowest BCUT2D eigenvalue weighted by Gasteiger charge is -2.09. The molecule has 0 fully saturated rings. The van der Waals surface area contributed by atoms with Gasteiger partial charge in [0.25, 0.3) is 0 Å². The number of fused-ring (bicyclic) bond motifs is 1. The van der Waals surface area contributed by atoms with E-state index < -0.39 is 5.97 Å². The number of benzene rings is 3. The molecular weight excluding hydrogens is 364 g/mol. The second-order valence-corrected chi connectivity index (χ2v) is 6.43. The summed E-state index contributed by atoms with van der Waals surface area (Å²) in [4.78, 5) is 20.8. The molecule has 4 rings (SSSR count). The number of anilines is 1. The normalized spacial score (nSPS) is 11.0. The van der Waals surface area contributed by atoms with Gasteiger partial charge in [-0.1, -0.05) is 60.7 Å². The van der Waals surface area contributed by atoms with Gasteiger partial charge in [0.1, 0.15) is 0 Å². The first-order chi connectivity index (χ1) is 14.2. The zero-order valence-electron chi connectivity index (χ0n) is 15.5. The molecule has 4 aromatic rings. The number of aromatic carboxylic acids is 1. The van der Waals surface area contributed by atoms with Crippen molar-refractivity contribution < 1.29 is 9.90 Å². The van der Waals surface area contributed by atoms with Gasteiger partial charge in [-0.2, -0.15) is 5.10 Å². The van der Waals surface area contributed by atoms with Crippen molar-refractivity contribution in [3.8, 4) is 0 Å². The molecule has 0 aliphatic carbocycles. The van der Waals surface area contributed by atoms with Crippen molar-refractivity contribution in [1.82, 2.24) is 9.97 Å². The molecule has 0 amide bonds. The summed E-state index contributed by atoms with van der Waals surface area (Å²) < 4.78 is 0. The number of carboxylic acid groups (broad SMARTS) is 1. The molecule has 0 bridgehead atoms. The fourth-order valence-corrected chi connectivity index (χ4v) is 3.01. The molecule has 6 heteroatoms. The van der Waals surface area contributed by atoms with Crippen LogP contribution in [0.15, 0.2) is 84.0 Å². The van der Waals surface area contributed by atoms with Crippen molar-refractivity contribution in [2.24, 2.45) is 5.10 Å². The maximum absolute atomic E-state index is 11.4. The highest BCUT2D eigenvalue weighted by molar-refractivity contribution is 5.98. The van der Waals surface area contributed by atoms with Crippen LogP contribution in [0.3, 0.4) is 0 Å². The second-order valence-electron chi connectivity index (χ2n) is 6.43. The smallest absolute Gasteiger partial charge is 0.336 e. The Morgan fingerprint density at radius 3 is 2.31 bits per heavy atom. The van der Waals surface area contributed by atoms with Gasteiger partial charge < -0.3 is 5.11 Å². The summed E-state index contributed by atoms with van der Waals surface area (Å²) in [5.74, 6) is -0.459. The minimum Gasteiger partial charge on any atom is -0.478 e. The second kappa shape index (κ2) is 8.31. The van der Waals surface area contributed by atoms with Crippen LogP contribution in [0.5, 0.6) is 0 Å². The van der Waals surface area contributed by atoms with E-state index in [0.29, 0.717) is 17.8 Å². The molecular formula is C23H18N4O2. The molecule has 0 atom stereocenters. The van der Waals surface area contributed by atoms with Crippen LogP contribution in [-0.2, 0) is 6.42 Å². The molecule has 0 radical (unpaired) electrons. The van der Waals surface area contributed by atoms with Crippen molar-refractivity contribution in [3.05, 3.63) is 101 Å². The molecule has 0 saturated carbocycles. The molecule has 6 nitrogen and oxygen atoms in total. The van der Waals surface area contributed by atoms with Gasteiger partial charge in [0, 0.05) is 12.0 Å². The molecule has 1 heterocycles. The van der Waals surface area contributed by atoms with Gasteiger partial charge in [0.15, 0.2) is 5.82 Å². The predicted molar refractivity (Wildman–Crippen MR) is 113 cm³/mol. The molecule has 142 valence electrons. The number of rotatable bonds is 6. The SMILES string of the molecule is O=C(O)c1ccccc1/C=N/Nc1nc2ccccc2nc1Cc1ccccc1. The molecule has 29 heavy (non-hydrogen) atoms. The van der Waals surface area contributed by atoms with Crippen LogP contribution in [0.2, 0.25) is 0 Å². The van der Waals surface area contributed by atoms with E-state index in [2.05, 4.69) is 15.5 Å². The number of hydrazone groups is 1. The average molecular weight is 382 g/mol. The highest BCUT2D eigenvalue weighted by Crippen LogP contribution is 2.20. The van der Waals surface area contributed by atoms with Gasteiger partial charge >= 0.3 is 5.97 Å². The van der Waals surface area contributed by atoms with Gasteiger partial charge in [-0.25, -0.2) is 14.8 Å². The first-order valence-corrected chi connectivity index (χ1v) is 9.12. The van der Waals surface area contributed by atoms with E-state index in [-0.39, 0.29) is 5.56 Å². The Morgan fingerprint density at radius 2 is 1.55 bits per heavy atom. The van der Waals surface area contributed by atoms with Crippen LogP contribution < -0.4 is 5.43 Å². The summed E-state index contributed by atoms with van der Waals surface area (Å²) in [5.41, 5.74) is 7.08. The molecule has 0 saturated heterocycles. The van der Waals surface area contributed by atoms with Crippen molar-refractivity contribution in [1.29, 1.82) is 0 Å². The van der Waals surface area contributed by atoms with Crippen LogP contribution in [0, 0.1) is 0 Å². The number of hydrogen-bond acceptors (Lipinski definition) is 5. The Hall–Kier alpha value is -4.06. The van der Waals surface area contributed by atoms with Gasteiger partial charge in [-0.3, -0.25) is 5.43 Å². The van der Waals surface area contributed by atoms with Gasteiger partial charge in [-0.15, -0.1) is 0 Å². The maximum Gasteiger partial charge on any atom is 0.336 e. The van der Waals surface area contributed by atoms with E-state index in [9.17, 15) is 9.90 Å². The topological polar surface area (TPSA) is 87.5 Å². The fraction of sp³-hybridized carbons (Fsp3) is 0.0435. The quantitative estimate of drug-likeness (QED) is 0.382. The summed E-state index contributed by atoms with van der Waals surface area (Å²) in [5, 5.41) is 13.5. The minimum atomic E-state index is -0.998. The molecule has 0 unspecified atom stereocenters. The lowest BCUT2D eigenvalue weighted by Crippen LogP contribution is -2.05. The van der Waals surface area contributed by atoms with E-state index in [4.69, 9.17) is 4.98 Å². The van der Waals surface area contributed by atoms with Crippen LogP contribution in [0.1, 0.15) is 27.2 Å². The van der Waals surface area contributed by atoms with Gasteiger partial charge in [0.2, 0.25) is 0 Å². The Morgan fingerprint density at radius 1 is 0.897 bits per heavy atom. The Bertz CT molecular complexity index is 1190. The molecule has 2 N–H and O–H groups in total. The van der Waals surface area contributed by atoms with Crippen molar-refractivity contribution in [2.45, 2.75) is 6.42 Å². The maximum atomic E-state index is 11.4. The van der Waals surface area contributed by atoms with E-state index >= 15 is 0 Å². The molecule has 0 aliphatic heterocycles. The van der Waals surface area contributed by atoms with Crippen LogP contribution in [-0.4, -0.2) is 27.3 Å². The first kappa shape index (κ1) is 18.3. The number of hydrogen-bond donors (Lipinski definition) is 2. The summed E-state index contributed by atoms with van der Waals surface area (Å²) in [7, 11) is 0. The van der Waals surface area contributed by atoms with E-state index in [1.165, 1.54) is 6.21 Å². The third-order valence-corrected chi connectivity index (χ3v) is 4.42. The number of para-hydroxylation sites is 2. The molecule has 0 spiro atoms. The van der Waals surface area contributed by atoms with E-state index in [1.54, 1.807) is 24.3 Å². The number of nitrogens with one attached hydrogen (secondary N) is 1. The molecule has 1 aromatic heterocycles. The average Bonchev–Trinajstić information content (AvgIpc) is 2.75. The van der Waals surface area contributed by atoms with Crippen molar-refractivity contribution in [2.75, 3.05) is 5.43 Å². The number of aromatic nitrogens is 2. The standard InChI is InChI=1S/C23H18N4O2/c28-23(29)18-11-5-4-10-17(18)15-24-27-22-21(14-16-8-2-1-3-9-16)25-19-12-6-7-13-20(19)26-22/h1-13,15H,14H2,(H,26,27)(H,28,29)/b24-15+. The first-order valence-electron chi connectivity index (χ1n) is 9.12. The summed E-state index contributed by atoms with van der Waals surface area (Å²) in [6, 6.07) is 24.4. The molecule has 0 aliphatic rings.